The molecule has 1 aromatic heterocycles. The standard InChI is InChI=1S/C22H30N2O2S/c1-16-8-9-19(12-17(16)2)18(3)23-22(25)15-24(13-20-6-4-10-26-20)14-21-7-5-11-27-21/h5,7-9,11-12,18,20H,4,6,10,13-15H2,1-3H3,(H,23,25)/t18-,20-/m1/s1. The fraction of sp³-hybridized carbons (Fsp3) is 0.500. The van der Waals surface area contributed by atoms with Crippen LogP contribution in [0.3, 0.4) is 0 Å². The molecule has 1 aliphatic heterocycles. The minimum absolute atomic E-state index is 0.00289. The summed E-state index contributed by atoms with van der Waals surface area (Å²) in [5, 5.41) is 5.24. The summed E-state index contributed by atoms with van der Waals surface area (Å²) < 4.78 is 5.79. The molecular weight excluding hydrogens is 356 g/mol. The Kier molecular flexibility index (Phi) is 7.05. The van der Waals surface area contributed by atoms with E-state index in [-0.39, 0.29) is 18.1 Å². The van der Waals surface area contributed by atoms with Gasteiger partial charge in [-0.1, -0.05) is 24.3 Å². The number of nitrogens with one attached hydrogen (secondary N) is 1. The number of nitrogens with zero attached hydrogens (tertiary/aromatic N) is 1. The lowest BCUT2D eigenvalue weighted by Gasteiger charge is -2.25. The molecule has 5 heteroatoms. The first kappa shape index (κ1) is 20.1. The molecule has 0 aliphatic carbocycles. The van der Waals surface area contributed by atoms with Crippen molar-refractivity contribution in [3.05, 3.63) is 57.3 Å². The van der Waals surface area contributed by atoms with E-state index in [9.17, 15) is 4.79 Å². The lowest BCUT2D eigenvalue weighted by Crippen LogP contribution is -2.41. The fourth-order valence-electron chi connectivity index (χ4n) is 3.49. The fourth-order valence-corrected chi connectivity index (χ4v) is 4.24. The lowest BCUT2D eigenvalue weighted by molar-refractivity contribution is -0.123. The molecule has 0 saturated carbocycles. The molecule has 1 amide bonds. The molecule has 0 bridgehead atoms. The highest BCUT2D eigenvalue weighted by Crippen LogP contribution is 2.19. The molecule has 1 fully saturated rings. The molecule has 1 aromatic carbocycles. The van der Waals surface area contributed by atoms with Crippen LogP contribution in [0.4, 0.5) is 0 Å². The number of amides is 1. The number of ether oxygens (including phenoxy) is 1. The maximum Gasteiger partial charge on any atom is 0.234 e. The summed E-state index contributed by atoms with van der Waals surface area (Å²) in [5.41, 5.74) is 3.68. The molecule has 4 nitrogen and oxygen atoms in total. The van der Waals surface area contributed by atoms with Crippen LogP contribution in [0, 0.1) is 13.8 Å². The first-order valence-electron chi connectivity index (χ1n) is 9.74. The van der Waals surface area contributed by atoms with Gasteiger partial charge in [0, 0.05) is 24.6 Å². The van der Waals surface area contributed by atoms with Crippen LogP contribution in [0.2, 0.25) is 0 Å². The Balaban J connectivity index is 1.59. The zero-order valence-electron chi connectivity index (χ0n) is 16.5. The summed E-state index contributed by atoms with van der Waals surface area (Å²) in [7, 11) is 0. The van der Waals surface area contributed by atoms with Crippen molar-refractivity contribution in [1.29, 1.82) is 0 Å². The van der Waals surface area contributed by atoms with E-state index in [4.69, 9.17) is 4.74 Å². The van der Waals surface area contributed by atoms with Crippen molar-refractivity contribution in [3.8, 4) is 0 Å². The Morgan fingerprint density at radius 2 is 2.19 bits per heavy atom. The number of thiophene rings is 1. The van der Waals surface area contributed by atoms with Gasteiger partial charge >= 0.3 is 0 Å². The quantitative estimate of drug-likeness (QED) is 0.738. The zero-order chi connectivity index (χ0) is 19.2. The van der Waals surface area contributed by atoms with Crippen LogP contribution >= 0.6 is 11.3 Å². The molecule has 2 aromatic rings. The van der Waals surface area contributed by atoms with Crippen LogP contribution in [0.1, 0.15) is 47.4 Å². The van der Waals surface area contributed by atoms with Gasteiger partial charge in [0.2, 0.25) is 5.91 Å². The van der Waals surface area contributed by atoms with Crippen molar-refractivity contribution in [2.45, 2.75) is 52.3 Å². The van der Waals surface area contributed by atoms with Crippen molar-refractivity contribution < 1.29 is 9.53 Å². The van der Waals surface area contributed by atoms with Crippen LogP contribution in [0.5, 0.6) is 0 Å². The minimum Gasteiger partial charge on any atom is -0.377 e. The first-order valence-corrected chi connectivity index (χ1v) is 10.6. The van der Waals surface area contributed by atoms with Crippen LogP contribution in [0.15, 0.2) is 35.7 Å². The Bertz CT molecular complexity index is 739. The van der Waals surface area contributed by atoms with Gasteiger partial charge in [0.15, 0.2) is 0 Å². The average molecular weight is 387 g/mol. The predicted octanol–water partition coefficient (Wildman–Crippen LogP) is 4.22. The van der Waals surface area contributed by atoms with Gasteiger partial charge in [0.05, 0.1) is 18.7 Å². The van der Waals surface area contributed by atoms with Crippen molar-refractivity contribution in [1.82, 2.24) is 10.2 Å². The summed E-state index contributed by atoms with van der Waals surface area (Å²) in [6, 6.07) is 10.6. The Morgan fingerprint density at radius 3 is 2.85 bits per heavy atom. The van der Waals surface area contributed by atoms with E-state index in [2.05, 4.69) is 59.8 Å². The van der Waals surface area contributed by atoms with Gasteiger partial charge < -0.3 is 10.1 Å². The molecular formula is C22H30N2O2S. The minimum atomic E-state index is 0.00289. The number of carbonyl (C=O) groups excluding carboxylic acids is 1. The highest BCUT2D eigenvalue weighted by atomic mass is 32.1. The number of benzene rings is 1. The molecule has 146 valence electrons. The maximum absolute atomic E-state index is 12.7. The van der Waals surface area contributed by atoms with E-state index in [1.807, 2.05) is 6.92 Å². The molecule has 2 atom stereocenters. The highest BCUT2D eigenvalue weighted by molar-refractivity contribution is 7.09. The van der Waals surface area contributed by atoms with Gasteiger partial charge in [0.25, 0.3) is 0 Å². The lowest BCUT2D eigenvalue weighted by atomic mass is 10.0. The van der Waals surface area contributed by atoms with E-state index in [0.717, 1.165) is 38.1 Å². The van der Waals surface area contributed by atoms with Crippen molar-refractivity contribution in [3.63, 3.8) is 0 Å². The topological polar surface area (TPSA) is 41.6 Å². The highest BCUT2D eigenvalue weighted by Gasteiger charge is 2.22. The summed E-state index contributed by atoms with van der Waals surface area (Å²) in [6.07, 6.45) is 2.45. The Hall–Kier alpha value is -1.69. The smallest absolute Gasteiger partial charge is 0.234 e. The van der Waals surface area contributed by atoms with Crippen molar-refractivity contribution in [2.75, 3.05) is 19.7 Å². The van der Waals surface area contributed by atoms with E-state index in [1.165, 1.54) is 16.0 Å². The third-order valence-electron chi connectivity index (χ3n) is 5.22. The van der Waals surface area contributed by atoms with E-state index >= 15 is 0 Å². The van der Waals surface area contributed by atoms with Gasteiger partial charge in [-0.2, -0.15) is 0 Å². The summed E-state index contributed by atoms with van der Waals surface area (Å²) >= 11 is 1.74. The number of hydrogen-bond donors (Lipinski definition) is 1. The summed E-state index contributed by atoms with van der Waals surface area (Å²) in [4.78, 5) is 16.2. The molecule has 3 rings (SSSR count). The molecule has 0 unspecified atom stereocenters. The molecule has 1 aliphatic rings. The molecule has 1 saturated heterocycles. The number of rotatable bonds is 8. The Labute approximate surface area is 166 Å². The molecule has 0 radical (unpaired) electrons. The van der Waals surface area contributed by atoms with Gasteiger partial charge in [-0.15, -0.1) is 11.3 Å². The van der Waals surface area contributed by atoms with E-state index in [0.29, 0.717) is 6.54 Å². The molecule has 0 spiro atoms. The number of carbonyl (C=O) groups is 1. The van der Waals surface area contributed by atoms with Gasteiger partial charge in [-0.25, -0.2) is 0 Å². The second-order valence-electron chi connectivity index (χ2n) is 7.52. The van der Waals surface area contributed by atoms with Crippen LogP contribution in [-0.2, 0) is 16.1 Å². The van der Waals surface area contributed by atoms with Crippen molar-refractivity contribution >= 4 is 17.2 Å². The van der Waals surface area contributed by atoms with Gasteiger partial charge in [-0.3, -0.25) is 9.69 Å². The van der Waals surface area contributed by atoms with E-state index < -0.39 is 0 Å². The second-order valence-corrected chi connectivity index (χ2v) is 8.55. The summed E-state index contributed by atoms with van der Waals surface area (Å²) in [5.74, 6) is 0.0651. The van der Waals surface area contributed by atoms with Crippen LogP contribution in [0.25, 0.3) is 0 Å². The van der Waals surface area contributed by atoms with Gasteiger partial charge in [-0.05, 0) is 61.7 Å². The summed E-state index contributed by atoms with van der Waals surface area (Å²) in [6.45, 7) is 9.10. The van der Waals surface area contributed by atoms with Gasteiger partial charge in [0.1, 0.15) is 0 Å². The number of hydrogen-bond acceptors (Lipinski definition) is 4. The van der Waals surface area contributed by atoms with Crippen LogP contribution in [-0.4, -0.2) is 36.6 Å². The Morgan fingerprint density at radius 1 is 1.33 bits per heavy atom. The molecule has 2 heterocycles. The SMILES string of the molecule is Cc1ccc([C@@H](C)NC(=O)CN(Cc2cccs2)C[C@H]2CCCO2)cc1C. The predicted molar refractivity (Wildman–Crippen MR) is 111 cm³/mol. The normalized spacial score (nSPS) is 18.0. The largest absolute Gasteiger partial charge is 0.377 e. The zero-order valence-corrected chi connectivity index (χ0v) is 17.3. The monoisotopic (exact) mass is 386 g/mol. The second kappa shape index (κ2) is 9.49. The third-order valence-corrected chi connectivity index (χ3v) is 6.08. The van der Waals surface area contributed by atoms with E-state index in [1.54, 1.807) is 11.3 Å². The molecule has 27 heavy (non-hydrogen) atoms. The maximum atomic E-state index is 12.7. The number of aryl methyl sites for hydroxylation is 2. The van der Waals surface area contributed by atoms with Crippen molar-refractivity contribution in [2.24, 2.45) is 0 Å². The average Bonchev–Trinajstić information content (AvgIpc) is 3.31. The van der Waals surface area contributed by atoms with Crippen LogP contribution < -0.4 is 5.32 Å². The third kappa shape index (κ3) is 5.89. The molecule has 1 N–H and O–H groups in total. The first-order chi connectivity index (χ1) is 13.0.